The van der Waals surface area contributed by atoms with E-state index >= 15 is 0 Å². The van der Waals surface area contributed by atoms with Crippen LogP contribution in [0.15, 0.2) is 0 Å². The zero-order valence-electron chi connectivity index (χ0n) is 9.50. The van der Waals surface area contributed by atoms with E-state index in [0.29, 0.717) is 6.10 Å². The van der Waals surface area contributed by atoms with E-state index in [1.54, 1.807) is 0 Å². The molecule has 1 rings (SSSR count). The molecule has 2 nitrogen and oxygen atoms in total. The van der Waals surface area contributed by atoms with Crippen LogP contribution in [0.1, 0.15) is 20.8 Å². The van der Waals surface area contributed by atoms with Gasteiger partial charge in [0.05, 0.1) is 12.7 Å². The summed E-state index contributed by atoms with van der Waals surface area (Å²) in [6.07, 6.45) is 0.409. The van der Waals surface area contributed by atoms with Crippen LogP contribution in [0.2, 0.25) is 0 Å². The number of morpholine rings is 1. The van der Waals surface area contributed by atoms with E-state index in [9.17, 15) is 0 Å². The van der Waals surface area contributed by atoms with Crippen molar-refractivity contribution in [1.29, 1.82) is 0 Å². The number of ether oxygens (including phenoxy) is 1. The number of hydrogen-bond donors (Lipinski definition) is 0. The highest BCUT2D eigenvalue weighted by molar-refractivity contribution is 9.09. The Bertz CT molecular complexity index is 163. The number of alkyl halides is 1. The van der Waals surface area contributed by atoms with Crippen LogP contribution in [0.25, 0.3) is 0 Å². The van der Waals surface area contributed by atoms with Gasteiger partial charge in [0.1, 0.15) is 0 Å². The van der Waals surface area contributed by atoms with Crippen LogP contribution in [0, 0.1) is 11.8 Å². The Morgan fingerprint density at radius 2 is 2.21 bits per heavy atom. The van der Waals surface area contributed by atoms with Gasteiger partial charge in [-0.15, -0.1) is 0 Å². The van der Waals surface area contributed by atoms with Gasteiger partial charge in [-0.25, -0.2) is 0 Å². The molecule has 2 atom stereocenters. The van der Waals surface area contributed by atoms with E-state index in [1.807, 2.05) is 0 Å². The van der Waals surface area contributed by atoms with Gasteiger partial charge in [0.15, 0.2) is 0 Å². The SMILES string of the molecule is CC1CN(CC(CBr)C(C)C)CCO1. The van der Waals surface area contributed by atoms with E-state index < -0.39 is 0 Å². The van der Waals surface area contributed by atoms with Crippen LogP contribution in [0.4, 0.5) is 0 Å². The Hall–Kier alpha value is 0.400. The average Bonchev–Trinajstić information content (AvgIpc) is 2.14. The molecule has 14 heavy (non-hydrogen) atoms. The number of halogens is 1. The lowest BCUT2D eigenvalue weighted by atomic mass is 9.97. The molecule has 0 N–H and O–H groups in total. The zero-order valence-corrected chi connectivity index (χ0v) is 11.1. The average molecular weight is 264 g/mol. The molecular formula is C11H22BrNO. The molecule has 0 amide bonds. The van der Waals surface area contributed by atoms with Gasteiger partial charge in [0.2, 0.25) is 0 Å². The number of nitrogens with zero attached hydrogens (tertiary/aromatic N) is 1. The molecule has 0 aromatic heterocycles. The van der Waals surface area contributed by atoms with Crippen molar-refractivity contribution in [2.45, 2.75) is 26.9 Å². The van der Waals surface area contributed by atoms with Crippen LogP contribution in [-0.2, 0) is 4.74 Å². The summed E-state index contributed by atoms with van der Waals surface area (Å²) in [7, 11) is 0. The first kappa shape index (κ1) is 12.5. The zero-order chi connectivity index (χ0) is 10.6. The second-order valence-electron chi connectivity index (χ2n) is 4.60. The Morgan fingerprint density at radius 1 is 1.50 bits per heavy atom. The second kappa shape index (κ2) is 6.09. The highest BCUT2D eigenvalue weighted by Gasteiger charge is 2.21. The van der Waals surface area contributed by atoms with Gasteiger partial charge >= 0.3 is 0 Å². The van der Waals surface area contributed by atoms with E-state index in [1.165, 1.54) is 6.54 Å². The highest BCUT2D eigenvalue weighted by atomic mass is 79.9. The second-order valence-corrected chi connectivity index (χ2v) is 5.25. The van der Waals surface area contributed by atoms with Gasteiger partial charge in [-0.3, -0.25) is 4.90 Å². The molecule has 0 aliphatic carbocycles. The first-order valence-electron chi connectivity index (χ1n) is 5.53. The van der Waals surface area contributed by atoms with Crippen LogP contribution < -0.4 is 0 Å². The molecule has 3 heteroatoms. The fraction of sp³-hybridized carbons (Fsp3) is 1.00. The maximum Gasteiger partial charge on any atom is 0.0674 e. The molecule has 0 radical (unpaired) electrons. The summed E-state index contributed by atoms with van der Waals surface area (Å²) in [6.45, 7) is 11.1. The van der Waals surface area contributed by atoms with Gasteiger partial charge in [-0.2, -0.15) is 0 Å². The predicted molar refractivity (Wildman–Crippen MR) is 64.0 cm³/mol. The van der Waals surface area contributed by atoms with E-state index in [-0.39, 0.29) is 0 Å². The third-order valence-corrected chi connectivity index (χ3v) is 3.79. The van der Waals surface area contributed by atoms with E-state index in [0.717, 1.165) is 36.9 Å². The Labute approximate surface area is 96.1 Å². The summed E-state index contributed by atoms with van der Waals surface area (Å²) < 4.78 is 5.53. The molecule has 1 heterocycles. The van der Waals surface area contributed by atoms with E-state index in [4.69, 9.17) is 4.74 Å². The fourth-order valence-corrected chi connectivity index (χ4v) is 2.78. The van der Waals surface area contributed by atoms with Crippen LogP contribution in [0.3, 0.4) is 0 Å². The van der Waals surface area contributed by atoms with Crippen molar-refractivity contribution in [3.8, 4) is 0 Å². The molecular weight excluding hydrogens is 242 g/mol. The Kier molecular flexibility index (Phi) is 5.42. The lowest BCUT2D eigenvalue weighted by molar-refractivity contribution is -0.0239. The fourth-order valence-electron chi connectivity index (χ4n) is 1.83. The smallest absolute Gasteiger partial charge is 0.0674 e. The van der Waals surface area contributed by atoms with Gasteiger partial charge in [-0.1, -0.05) is 29.8 Å². The third kappa shape index (κ3) is 3.87. The summed E-state index contributed by atoms with van der Waals surface area (Å²) in [6, 6.07) is 0. The van der Waals surface area contributed by atoms with Crippen molar-refractivity contribution in [2.75, 3.05) is 31.6 Å². The van der Waals surface area contributed by atoms with Gasteiger partial charge in [0, 0.05) is 25.0 Å². The monoisotopic (exact) mass is 263 g/mol. The first-order chi connectivity index (χ1) is 6.63. The predicted octanol–water partition coefficient (Wildman–Crippen LogP) is 2.37. The summed E-state index contributed by atoms with van der Waals surface area (Å²) in [5, 5.41) is 1.11. The van der Waals surface area contributed by atoms with Gasteiger partial charge in [0.25, 0.3) is 0 Å². The first-order valence-corrected chi connectivity index (χ1v) is 6.65. The Balaban J connectivity index is 2.33. The lowest BCUT2D eigenvalue weighted by Gasteiger charge is -2.34. The van der Waals surface area contributed by atoms with Crippen LogP contribution >= 0.6 is 15.9 Å². The normalized spacial score (nSPS) is 26.8. The highest BCUT2D eigenvalue weighted by Crippen LogP contribution is 2.17. The quantitative estimate of drug-likeness (QED) is 0.723. The largest absolute Gasteiger partial charge is 0.376 e. The topological polar surface area (TPSA) is 12.5 Å². The number of rotatable bonds is 4. The minimum absolute atomic E-state index is 0.409. The summed E-state index contributed by atoms with van der Waals surface area (Å²) >= 11 is 3.60. The minimum atomic E-state index is 0.409. The van der Waals surface area contributed by atoms with Crippen molar-refractivity contribution in [3.63, 3.8) is 0 Å². The van der Waals surface area contributed by atoms with Gasteiger partial charge in [-0.05, 0) is 18.8 Å². The lowest BCUT2D eigenvalue weighted by Crippen LogP contribution is -2.44. The standard InChI is InChI=1S/C11H22BrNO/c1-9(2)11(6-12)8-13-4-5-14-10(3)7-13/h9-11H,4-8H2,1-3H3. The number of hydrogen-bond acceptors (Lipinski definition) is 2. The Morgan fingerprint density at radius 3 is 2.71 bits per heavy atom. The molecule has 2 unspecified atom stereocenters. The van der Waals surface area contributed by atoms with Crippen molar-refractivity contribution in [1.82, 2.24) is 4.90 Å². The minimum Gasteiger partial charge on any atom is -0.376 e. The summed E-state index contributed by atoms with van der Waals surface area (Å²) in [5.41, 5.74) is 0. The molecule has 1 aliphatic rings. The molecule has 0 spiro atoms. The van der Waals surface area contributed by atoms with Crippen LogP contribution in [-0.4, -0.2) is 42.6 Å². The molecule has 1 saturated heterocycles. The molecule has 0 aromatic carbocycles. The molecule has 1 fully saturated rings. The summed E-state index contributed by atoms with van der Waals surface area (Å²) in [5.74, 6) is 1.52. The maximum absolute atomic E-state index is 5.53. The molecule has 0 bridgehead atoms. The molecule has 0 saturated carbocycles. The van der Waals surface area contributed by atoms with E-state index in [2.05, 4.69) is 41.6 Å². The van der Waals surface area contributed by atoms with Crippen molar-refractivity contribution >= 4 is 15.9 Å². The molecule has 84 valence electrons. The van der Waals surface area contributed by atoms with Crippen molar-refractivity contribution in [3.05, 3.63) is 0 Å². The maximum atomic E-state index is 5.53. The molecule has 1 aliphatic heterocycles. The third-order valence-electron chi connectivity index (χ3n) is 2.96. The van der Waals surface area contributed by atoms with Crippen molar-refractivity contribution < 1.29 is 4.74 Å². The molecule has 0 aromatic rings. The van der Waals surface area contributed by atoms with Crippen LogP contribution in [0.5, 0.6) is 0 Å². The van der Waals surface area contributed by atoms with Gasteiger partial charge < -0.3 is 4.74 Å². The summed E-state index contributed by atoms with van der Waals surface area (Å²) in [4.78, 5) is 2.53. The van der Waals surface area contributed by atoms with Crippen molar-refractivity contribution in [2.24, 2.45) is 11.8 Å².